The Morgan fingerprint density at radius 1 is 1.38 bits per heavy atom. The van der Waals surface area contributed by atoms with Gasteiger partial charge in [-0.15, -0.1) is 0 Å². The summed E-state index contributed by atoms with van der Waals surface area (Å²) in [6, 6.07) is 6.16. The first-order valence-corrected chi connectivity index (χ1v) is 8.99. The third kappa shape index (κ3) is 3.97. The standard InChI is InChI=1S/C15H19ClN2O2S/c1-11-4-2-3-5-13(11)10-18-21(19,20)15-7-6-12(9-17)8-14(15)16/h6-8,11,13,18H,2-5,10H2,1H3. The molecule has 1 aromatic rings. The highest BCUT2D eigenvalue weighted by atomic mass is 35.5. The number of rotatable bonds is 4. The van der Waals surface area contributed by atoms with Gasteiger partial charge in [0.25, 0.3) is 0 Å². The van der Waals surface area contributed by atoms with Crippen molar-refractivity contribution < 1.29 is 8.42 Å². The van der Waals surface area contributed by atoms with Crippen molar-refractivity contribution in [3.8, 4) is 6.07 Å². The number of nitrogens with one attached hydrogen (secondary N) is 1. The van der Waals surface area contributed by atoms with Crippen LogP contribution in [-0.4, -0.2) is 15.0 Å². The van der Waals surface area contributed by atoms with Gasteiger partial charge in [0.1, 0.15) is 4.90 Å². The first kappa shape index (κ1) is 16.3. The Bertz CT molecular complexity index is 652. The van der Waals surface area contributed by atoms with Crippen LogP contribution in [0.4, 0.5) is 0 Å². The minimum Gasteiger partial charge on any atom is -0.211 e. The van der Waals surface area contributed by atoms with Crippen LogP contribution in [0.25, 0.3) is 0 Å². The lowest BCUT2D eigenvalue weighted by molar-refractivity contribution is 0.257. The van der Waals surface area contributed by atoms with E-state index in [1.807, 2.05) is 6.07 Å². The number of nitriles is 1. The maximum Gasteiger partial charge on any atom is 0.242 e. The molecule has 6 heteroatoms. The fourth-order valence-electron chi connectivity index (χ4n) is 2.78. The van der Waals surface area contributed by atoms with E-state index in [9.17, 15) is 8.42 Å². The van der Waals surface area contributed by atoms with Crippen LogP contribution in [0.2, 0.25) is 5.02 Å². The second-order valence-corrected chi connectivity index (χ2v) is 7.77. The van der Waals surface area contributed by atoms with Crippen molar-refractivity contribution >= 4 is 21.6 Å². The van der Waals surface area contributed by atoms with Crippen LogP contribution in [0.1, 0.15) is 38.2 Å². The molecule has 4 nitrogen and oxygen atoms in total. The molecule has 114 valence electrons. The van der Waals surface area contributed by atoms with Crippen molar-refractivity contribution in [2.45, 2.75) is 37.5 Å². The van der Waals surface area contributed by atoms with E-state index in [1.54, 1.807) is 0 Å². The zero-order valence-electron chi connectivity index (χ0n) is 12.0. The topological polar surface area (TPSA) is 70.0 Å². The predicted molar refractivity (Wildman–Crippen MR) is 82.5 cm³/mol. The summed E-state index contributed by atoms with van der Waals surface area (Å²) in [4.78, 5) is 0.0339. The van der Waals surface area contributed by atoms with Gasteiger partial charge in [0.05, 0.1) is 16.7 Å². The van der Waals surface area contributed by atoms with Crippen molar-refractivity contribution in [2.24, 2.45) is 11.8 Å². The highest BCUT2D eigenvalue weighted by Crippen LogP contribution is 2.29. The Morgan fingerprint density at radius 2 is 2.10 bits per heavy atom. The summed E-state index contributed by atoms with van der Waals surface area (Å²) >= 11 is 5.97. The van der Waals surface area contributed by atoms with Crippen LogP contribution < -0.4 is 4.72 Å². The number of sulfonamides is 1. The van der Waals surface area contributed by atoms with Gasteiger partial charge in [-0.3, -0.25) is 0 Å². The molecule has 1 aliphatic rings. The molecule has 0 amide bonds. The molecule has 0 radical (unpaired) electrons. The van der Waals surface area contributed by atoms with Gasteiger partial charge in [-0.25, -0.2) is 13.1 Å². The molecule has 2 unspecified atom stereocenters. The molecule has 1 fully saturated rings. The first-order chi connectivity index (χ1) is 9.94. The van der Waals surface area contributed by atoms with E-state index in [1.165, 1.54) is 24.6 Å². The molecule has 0 bridgehead atoms. The van der Waals surface area contributed by atoms with E-state index >= 15 is 0 Å². The molecule has 0 saturated heterocycles. The van der Waals surface area contributed by atoms with Crippen LogP contribution >= 0.6 is 11.6 Å². The molecule has 1 N–H and O–H groups in total. The van der Waals surface area contributed by atoms with E-state index in [2.05, 4.69) is 11.6 Å². The molecule has 0 aliphatic heterocycles. The summed E-state index contributed by atoms with van der Waals surface area (Å²) in [5.74, 6) is 0.920. The molecule has 2 rings (SSSR count). The Labute approximate surface area is 131 Å². The molecule has 21 heavy (non-hydrogen) atoms. The van der Waals surface area contributed by atoms with Crippen LogP contribution in [0.3, 0.4) is 0 Å². The molecule has 0 heterocycles. The van der Waals surface area contributed by atoms with Crippen molar-refractivity contribution in [1.29, 1.82) is 5.26 Å². The molecular weight excluding hydrogens is 308 g/mol. The Hall–Kier alpha value is -1.09. The Morgan fingerprint density at radius 3 is 2.71 bits per heavy atom. The van der Waals surface area contributed by atoms with Crippen LogP contribution in [0.5, 0.6) is 0 Å². The van der Waals surface area contributed by atoms with Gasteiger partial charge in [-0.1, -0.05) is 37.8 Å². The number of halogens is 1. The van der Waals surface area contributed by atoms with Gasteiger partial charge in [-0.2, -0.15) is 5.26 Å². The van der Waals surface area contributed by atoms with Gasteiger partial charge in [0.2, 0.25) is 10.0 Å². The van der Waals surface area contributed by atoms with Crippen LogP contribution in [0.15, 0.2) is 23.1 Å². The normalized spacial score (nSPS) is 22.7. The molecule has 1 aromatic carbocycles. The lowest BCUT2D eigenvalue weighted by Crippen LogP contribution is -2.33. The van der Waals surface area contributed by atoms with Gasteiger partial charge in [-0.05, 0) is 36.5 Å². The fraction of sp³-hybridized carbons (Fsp3) is 0.533. The van der Waals surface area contributed by atoms with Crippen LogP contribution in [-0.2, 0) is 10.0 Å². The molecule has 1 saturated carbocycles. The fourth-order valence-corrected chi connectivity index (χ4v) is 4.42. The second-order valence-electron chi connectivity index (χ2n) is 5.63. The average Bonchev–Trinajstić information content (AvgIpc) is 2.46. The van der Waals surface area contributed by atoms with E-state index in [0.29, 0.717) is 23.9 Å². The van der Waals surface area contributed by atoms with Crippen molar-refractivity contribution in [1.82, 2.24) is 4.72 Å². The predicted octanol–water partition coefficient (Wildman–Crippen LogP) is 3.32. The number of benzene rings is 1. The molecule has 0 aromatic heterocycles. The summed E-state index contributed by atoms with van der Waals surface area (Å²) in [5, 5.41) is 8.87. The maximum absolute atomic E-state index is 12.3. The van der Waals surface area contributed by atoms with Gasteiger partial charge in [0.15, 0.2) is 0 Å². The minimum atomic E-state index is -3.63. The van der Waals surface area contributed by atoms with Crippen molar-refractivity contribution in [2.75, 3.05) is 6.54 Å². The monoisotopic (exact) mass is 326 g/mol. The molecule has 0 spiro atoms. The van der Waals surface area contributed by atoms with Gasteiger partial charge >= 0.3 is 0 Å². The highest BCUT2D eigenvalue weighted by Gasteiger charge is 2.24. The van der Waals surface area contributed by atoms with E-state index in [0.717, 1.165) is 19.3 Å². The van der Waals surface area contributed by atoms with Crippen molar-refractivity contribution in [3.05, 3.63) is 28.8 Å². The SMILES string of the molecule is CC1CCCCC1CNS(=O)(=O)c1ccc(C#N)cc1Cl. The third-order valence-corrected chi connectivity index (χ3v) is 6.08. The van der Waals surface area contributed by atoms with E-state index in [4.69, 9.17) is 16.9 Å². The molecular formula is C15H19ClN2O2S. The van der Waals surface area contributed by atoms with Crippen LogP contribution in [0, 0.1) is 23.2 Å². The largest absolute Gasteiger partial charge is 0.242 e. The smallest absolute Gasteiger partial charge is 0.211 e. The zero-order chi connectivity index (χ0) is 15.5. The second kappa shape index (κ2) is 6.78. The van der Waals surface area contributed by atoms with Crippen molar-refractivity contribution in [3.63, 3.8) is 0 Å². The summed E-state index contributed by atoms with van der Waals surface area (Å²) in [6.45, 7) is 2.62. The lowest BCUT2D eigenvalue weighted by atomic mass is 9.81. The number of nitrogens with zero attached hydrogens (tertiary/aromatic N) is 1. The van der Waals surface area contributed by atoms with E-state index in [-0.39, 0.29) is 9.92 Å². The average molecular weight is 327 g/mol. The summed E-state index contributed by atoms with van der Waals surface area (Å²) in [5.41, 5.74) is 0.347. The highest BCUT2D eigenvalue weighted by molar-refractivity contribution is 7.89. The maximum atomic E-state index is 12.3. The zero-order valence-corrected chi connectivity index (χ0v) is 13.5. The molecule has 2 atom stereocenters. The quantitative estimate of drug-likeness (QED) is 0.922. The number of hydrogen-bond acceptors (Lipinski definition) is 3. The van der Waals surface area contributed by atoms with Gasteiger partial charge < -0.3 is 0 Å². The number of hydrogen-bond donors (Lipinski definition) is 1. The summed E-state index contributed by atoms with van der Waals surface area (Å²) in [6.07, 6.45) is 4.61. The lowest BCUT2D eigenvalue weighted by Gasteiger charge is -2.28. The first-order valence-electron chi connectivity index (χ1n) is 7.13. The minimum absolute atomic E-state index is 0.0339. The van der Waals surface area contributed by atoms with E-state index < -0.39 is 10.0 Å². The molecule has 1 aliphatic carbocycles. The Kier molecular flexibility index (Phi) is 5.26. The third-order valence-electron chi connectivity index (χ3n) is 4.18. The van der Waals surface area contributed by atoms with Gasteiger partial charge in [0, 0.05) is 6.54 Å². The summed E-state index contributed by atoms with van der Waals surface area (Å²) < 4.78 is 27.3. The summed E-state index contributed by atoms with van der Waals surface area (Å²) in [7, 11) is -3.63. The Balaban J connectivity index is 2.10.